The number of carbonyl (C=O) groups excluding carboxylic acids is 1. The van der Waals surface area contributed by atoms with E-state index in [9.17, 15) is 10.1 Å². The Morgan fingerprint density at radius 1 is 1.09 bits per heavy atom. The zero-order valence-corrected chi connectivity index (χ0v) is 14.9. The maximum atomic E-state index is 12.8. The third-order valence-electron chi connectivity index (χ3n) is 4.44. The Hall–Kier alpha value is -2.38. The molecule has 118 valence electrons. The van der Waals surface area contributed by atoms with Crippen LogP contribution in [0.1, 0.15) is 16.8 Å². The van der Waals surface area contributed by atoms with Gasteiger partial charge in [-0.25, -0.2) is 0 Å². The molecule has 1 amide bonds. The van der Waals surface area contributed by atoms with E-state index in [2.05, 4.69) is 31.3 Å². The van der Waals surface area contributed by atoms with Crippen LogP contribution in [0.3, 0.4) is 0 Å². The summed E-state index contributed by atoms with van der Waals surface area (Å²) in [6.45, 7) is 4.44. The number of nitriles is 1. The molecule has 0 unspecified atom stereocenters. The highest BCUT2D eigenvalue weighted by Gasteiger charge is 2.38. The van der Waals surface area contributed by atoms with Crippen molar-refractivity contribution < 1.29 is 4.79 Å². The molecule has 0 heterocycles. The van der Waals surface area contributed by atoms with E-state index in [1.807, 2.05) is 55.6 Å². The average Bonchev–Trinajstić information content (AvgIpc) is 2.60. The molecule has 23 heavy (non-hydrogen) atoms. The molecule has 0 saturated carbocycles. The van der Waals surface area contributed by atoms with Gasteiger partial charge in [-0.15, -0.1) is 0 Å². The third kappa shape index (κ3) is 3.69. The lowest BCUT2D eigenvalue weighted by molar-refractivity contribution is 0.0774. The fourth-order valence-corrected chi connectivity index (χ4v) is 6.07. The first kappa shape index (κ1) is 17.0. The van der Waals surface area contributed by atoms with Gasteiger partial charge in [-0.05, 0) is 12.1 Å². The minimum atomic E-state index is -2.01. The van der Waals surface area contributed by atoms with E-state index in [4.69, 9.17) is 0 Å². The SMILES string of the molecule is CN(C(=O)c1ccccc1)[C@H](CC#N)[Si](C)(C)c1ccccc1. The second-order valence-electron chi connectivity index (χ2n) is 6.25. The minimum Gasteiger partial charge on any atom is -0.340 e. The fraction of sp³-hybridized carbons (Fsp3) is 0.263. The van der Waals surface area contributed by atoms with E-state index in [-0.39, 0.29) is 11.6 Å². The summed E-state index contributed by atoms with van der Waals surface area (Å²) in [7, 11) is -0.191. The molecule has 0 aliphatic heterocycles. The zero-order chi connectivity index (χ0) is 16.9. The topological polar surface area (TPSA) is 44.1 Å². The summed E-state index contributed by atoms with van der Waals surface area (Å²) >= 11 is 0. The molecule has 0 bridgehead atoms. The van der Waals surface area contributed by atoms with Gasteiger partial charge in [0.25, 0.3) is 5.91 Å². The predicted molar refractivity (Wildman–Crippen MR) is 96.1 cm³/mol. The molecule has 2 aromatic rings. The molecule has 0 N–H and O–H groups in total. The Labute approximate surface area is 139 Å². The lowest BCUT2D eigenvalue weighted by Crippen LogP contribution is -2.60. The molecule has 0 spiro atoms. The van der Waals surface area contributed by atoms with Crippen LogP contribution in [0.2, 0.25) is 13.1 Å². The van der Waals surface area contributed by atoms with E-state index in [1.165, 1.54) is 5.19 Å². The summed E-state index contributed by atoms with van der Waals surface area (Å²) in [4.78, 5) is 14.5. The van der Waals surface area contributed by atoms with Crippen molar-refractivity contribution in [2.24, 2.45) is 0 Å². The van der Waals surface area contributed by atoms with Crippen molar-refractivity contribution in [3.05, 3.63) is 66.2 Å². The summed E-state index contributed by atoms with van der Waals surface area (Å²) in [5.74, 6) is -0.0256. The van der Waals surface area contributed by atoms with Crippen molar-refractivity contribution in [1.29, 1.82) is 5.26 Å². The van der Waals surface area contributed by atoms with Crippen molar-refractivity contribution in [1.82, 2.24) is 4.90 Å². The quantitative estimate of drug-likeness (QED) is 0.794. The predicted octanol–water partition coefficient (Wildman–Crippen LogP) is 3.20. The lowest BCUT2D eigenvalue weighted by atomic mass is 10.2. The van der Waals surface area contributed by atoms with Crippen LogP contribution in [0.15, 0.2) is 60.7 Å². The number of nitrogens with zero attached hydrogens (tertiary/aromatic N) is 2. The first-order valence-corrected chi connectivity index (χ1v) is 10.8. The first-order chi connectivity index (χ1) is 11.0. The van der Waals surface area contributed by atoms with Gasteiger partial charge in [0.05, 0.1) is 12.5 Å². The highest BCUT2D eigenvalue weighted by Crippen LogP contribution is 2.19. The summed E-state index contributed by atoms with van der Waals surface area (Å²) in [6, 6.07) is 21.8. The van der Waals surface area contributed by atoms with Crippen LogP contribution in [0.4, 0.5) is 0 Å². The van der Waals surface area contributed by atoms with E-state index >= 15 is 0 Å². The van der Waals surface area contributed by atoms with E-state index in [0.29, 0.717) is 12.0 Å². The molecule has 1 atom stereocenters. The summed E-state index contributed by atoms with van der Waals surface area (Å²) < 4.78 is 0. The minimum absolute atomic E-state index is 0.0256. The Kier molecular flexibility index (Phi) is 5.35. The van der Waals surface area contributed by atoms with Crippen molar-refractivity contribution in [3.8, 4) is 6.07 Å². The first-order valence-electron chi connectivity index (χ1n) is 7.73. The molecule has 0 radical (unpaired) electrons. The van der Waals surface area contributed by atoms with Crippen LogP contribution in [-0.2, 0) is 0 Å². The average molecular weight is 322 g/mol. The molecule has 2 rings (SSSR count). The number of rotatable bonds is 5. The van der Waals surface area contributed by atoms with Crippen molar-refractivity contribution in [2.75, 3.05) is 7.05 Å². The second kappa shape index (κ2) is 7.25. The number of carbonyl (C=O) groups is 1. The highest BCUT2D eigenvalue weighted by molar-refractivity contribution is 6.91. The van der Waals surface area contributed by atoms with Crippen LogP contribution in [0, 0.1) is 11.3 Å². The molecular weight excluding hydrogens is 300 g/mol. The summed E-state index contributed by atoms with van der Waals surface area (Å²) in [5, 5.41) is 10.5. The molecule has 3 nitrogen and oxygen atoms in total. The van der Waals surface area contributed by atoms with E-state index in [0.717, 1.165) is 0 Å². The second-order valence-corrected chi connectivity index (χ2v) is 10.9. The Morgan fingerprint density at radius 2 is 1.61 bits per heavy atom. The van der Waals surface area contributed by atoms with Crippen LogP contribution in [-0.4, -0.2) is 31.6 Å². The number of benzene rings is 2. The zero-order valence-electron chi connectivity index (χ0n) is 13.9. The third-order valence-corrected chi connectivity index (χ3v) is 8.52. The molecule has 2 aromatic carbocycles. The van der Waals surface area contributed by atoms with Crippen LogP contribution >= 0.6 is 0 Å². The molecular formula is C19H22N2OSi. The standard InChI is InChI=1S/C19H22N2OSi/c1-21(19(22)16-10-6-4-7-11-16)18(14-15-20)23(2,3)17-12-8-5-9-13-17/h4-13,18H,14H2,1-3H3/t18-/m0/s1. The van der Waals surface area contributed by atoms with Gasteiger partial charge in [-0.2, -0.15) is 5.26 Å². The van der Waals surface area contributed by atoms with Crippen molar-refractivity contribution >= 4 is 19.2 Å². The lowest BCUT2D eigenvalue weighted by Gasteiger charge is -2.38. The maximum absolute atomic E-state index is 12.8. The molecule has 0 aliphatic rings. The monoisotopic (exact) mass is 322 g/mol. The largest absolute Gasteiger partial charge is 0.340 e. The van der Waals surface area contributed by atoms with Crippen molar-refractivity contribution in [2.45, 2.75) is 25.2 Å². The molecule has 4 heteroatoms. The van der Waals surface area contributed by atoms with Gasteiger partial charge >= 0.3 is 0 Å². The van der Waals surface area contributed by atoms with Crippen LogP contribution in [0.25, 0.3) is 0 Å². The van der Waals surface area contributed by atoms with Crippen LogP contribution in [0.5, 0.6) is 0 Å². The Morgan fingerprint density at radius 3 is 2.13 bits per heavy atom. The smallest absolute Gasteiger partial charge is 0.253 e. The van der Waals surface area contributed by atoms with Gasteiger partial charge in [0, 0.05) is 18.3 Å². The van der Waals surface area contributed by atoms with Gasteiger partial charge in [-0.1, -0.05) is 66.8 Å². The number of hydrogen-bond donors (Lipinski definition) is 0. The fourth-order valence-electron chi connectivity index (χ4n) is 2.95. The van der Waals surface area contributed by atoms with Crippen molar-refractivity contribution in [3.63, 3.8) is 0 Å². The Balaban J connectivity index is 2.34. The Bertz CT molecular complexity index is 692. The molecule has 0 saturated heterocycles. The van der Waals surface area contributed by atoms with E-state index in [1.54, 1.807) is 4.90 Å². The molecule has 0 fully saturated rings. The van der Waals surface area contributed by atoms with Gasteiger partial charge in [0.1, 0.15) is 8.07 Å². The van der Waals surface area contributed by atoms with Gasteiger partial charge in [-0.3, -0.25) is 4.79 Å². The van der Waals surface area contributed by atoms with Gasteiger partial charge < -0.3 is 4.90 Å². The van der Waals surface area contributed by atoms with Crippen LogP contribution < -0.4 is 5.19 Å². The van der Waals surface area contributed by atoms with Gasteiger partial charge in [0.15, 0.2) is 0 Å². The highest BCUT2D eigenvalue weighted by atomic mass is 28.3. The molecule has 0 aliphatic carbocycles. The van der Waals surface area contributed by atoms with Gasteiger partial charge in [0.2, 0.25) is 0 Å². The normalized spacial score (nSPS) is 12.3. The number of amides is 1. The maximum Gasteiger partial charge on any atom is 0.253 e. The summed E-state index contributed by atoms with van der Waals surface area (Å²) in [5.41, 5.74) is 0.596. The summed E-state index contributed by atoms with van der Waals surface area (Å²) in [6.07, 6.45) is 0.350. The van der Waals surface area contributed by atoms with E-state index < -0.39 is 8.07 Å². The number of hydrogen-bond acceptors (Lipinski definition) is 2. The molecule has 0 aromatic heterocycles.